The molecular weight excluding hydrogens is 475 g/mol. The lowest BCUT2D eigenvalue weighted by atomic mass is 10.2. The first-order chi connectivity index (χ1) is 12.5. The van der Waals surface area contributed by atoms with Gasteiger partial charge in [-0.05, 0) is 25.1 Å². The van der Waals surface area contributed by atoms with Crippen LogP contribution in [0.1, 0.15) is 24.2 Å². The van der Waals surface area contributed by atoms with Crippen LogP contribution < -0.4 is 20.1 Å². The summed E-state index contributed by atoms with van der Waals surface area (Å²) in [5.41, 5.74) is 0.470. The maximum atomic E-state index is 12.6. The van der Waals surface area contributed by atoms with E-state index in [1.165, 1.54) is 13.2 Å². The van der Waals surface area contributed by atoms with E-state index in [-0.39, 0.29) is 36.3 Å². The number of ether oxygens (including phenoxy) is 2. The number of guanidine groups is 1. The SMILES string of the molecule is CCNC(=NCc1cc(OC)ccc1OC(F)F)NCc1noc(C)n1.I. The molecule has 0 aliphatic carbocycles. The number of rotatable bonds is 8. The molecule has 0 spiro atoms. The molecule has 11 heteroatoms. The Hall–Kier alpha value is -2.18. The van der Waals surface area contributed by atoms with Gasteiger partial charge in [0.05, 0.1) is 20.2 Å². The molecule has 0 aliphatic rings. The minimum Gasteiger partial charge on any atom is -0.497 e. The van der Waals surface area contributed by atoms with Gasteiger partial charge in [0.1, 0.15) is 11.5 Å². The summed E-state index contributed by atoms with van der Waals surface area (Å²) in [6.45, 7) is 1.73. The molecule has 2 aromatic rings. The average Bonchev–Trinajstić information content (AvgIpc) is 3.03. The van der Waals surface area contributed by atoms with Crippen molar-refractivity contribution in [3.05, 3.63) is 35.5 Å². The Morgan fingerprint density at radius 2 is 2.11 bits per heavy atom. The molecular formula is C16H22F2IN5O3. The first-order valence-electron chi connectivity index (χ1n) is 7.95. The summed E-state index contributed by atoms with van der Waals surface area (Å²) >= 11 is 0. The largest absolute Gasteiger partial charge is 0.497 e. The minimum absolute atomic E-state index is 0. The van der Waals surface area contributed by atoms with Crippen molar-refractivity contribution in [1.29, 1.82) is 0 Å². The van der Waals surface area contributed by atoms with Gasteiger partial charge in [-0.15, -0.1) is 24.0 Å². The van der Waals surface area contributed by atoms with Crippen LogP contribution in [0.4, 0.5) is 8.78 Å². The van der Waals surface area contributed by atoms with Crippen LogP contribution in [0.3, 0.4) is 0 Å². The molecule has 0 amide bonds. The molecule has 1 aromatic heterocycles. The Morgan fingerprint density at radius 1 is 1.33 bits per heavy atom. The van der Waals surface area contributed by atoms with Crippen LogP contribution in [0.15, 0.2) is 27.7 Å². The standard InChI is InChI=1S/C16H21F2N5O3.HI/c1-4-19-16(21-9-14-22-10(2)26-23-14)20-8-11-7-12(24-3)5-6-13(11)25-15(17)18;/h5-7,15H,4,8-9H2,1-3H3,(H2,19,20,21);1H. The summed E-state index contributed by atoms with van der Waals surface area (Å²) in [6.07, 6.45) is 0. The molecule has 0 fully saturated rings. The zero-order valence-corrected chi connectivity index (χ0v) is 17.5. The molecule has 1 heterocycles. The third-order valence-corrected chi connectivity index (χ3v) is 3.22. The fourth-order valence-electron chi connectivity index (χ4n) is 2.10. The number of aliphatic imine (C=N–C) groups is 1. The van der Waals surface area contributed by atoms with E-state index >= 15 is 0 Å². The smallest absolute Gasteiger partial charge is 0.387 e. The molecule has 2 rings (SSSR count). The molecule has 0 saturated heterocycles. The van der Waals surface area contributed by atoms with Gasteiger partial charge < -0.3 is 24.6 Å². The van der Waals surface area contributed by atoms with Gasteiger partial charge in [0, 0.05) is 19.0 Å². The second-order valence-corrected chi connectivity index (χ2v) is 5.13. The van der Waals surface area contributed by atoms with Crippen LogP contribution in [0.25, 0.3) is 0 Å². The van der Waals surface area contributed by atoms with Crippen LogP contribution in [-0.4, -0.2) is 36.4 Å². The number of nitrogens with zero attached hydrogens (tertiary/aromatic N) is 3. The molecule has 0 unspecified atom stereocenters. The van der Waals surface area contributed by atoms with Crippen LogP contribution in [-0.2, 0) is 13.1 Å². The molecule has 150 valence electrons. The van der Waals surface area contributed by atoms with E-state index in [0.717, 1.165) is 0 Å². The number of hydrogen-bond donors (Lipinski definition) is 2. The van der Waals surface area contributed by atoms with E-state index in [1.54, 1.807) is 19.1 Å². The summed E-state index contributed by atoms with van der Waals surface area (Å²) < 4.78 is 39.7. The van der Waals surface area contributed by atoms with Gasteiger partial charge in [-0.3, -0.25) is 0 Å². The summed E-state index contributed by atoms with van der Waals surface area (Å²) in [4.78, 5) is 8.46. The number of alkyl halides is 2. The topological polar surface area (TPSA) is 93.8 Å². The number of halogens is 3. The van der Waals surface area contributed by atoms with Crippen LogP contribution in [0.5, 0.6) is 11.5 Å². The van der Waals surface area contributed by atoms with Gasteiger partial charge in [-0.25, -0.2) is 4.99 Å². The van der Waals surface area contributed by atoms with Crippen LogP contribution in [0.2, 0.25) is 0 Å². The normalized spacial score (nSPS) is 11.1. The quantitative estimate of drug-likeness (QED) is 0.329. The molecule has 27 heavy (non-hydrogen) atoms. The molecule has 2 N–H and O–H groups in total. The second-order valence-electron chi connectivity index (χ2n) is 5.13. The predicted octanol–water partition coefficient (Wildman–Crippen LogP) is 2.86. The van der Waals surface area contributed by atoms with Crippen molar-refractivity contribution in [3.8, 4) is 11.5 Å². The van der Waals surface area contributed by atoms with Gasteiger partial charge >= 0.3 is 6.61 Å². The van der Waals surface area contributed by atoms with Gasteiger partial charge in [0.25, 0.3) is 0 Å². The Morgan fingerprint density at radius 3 is 2.70 bits per heavy atom. The minimum atomic E-state index is -2.92. The maximum Gasteiger partial charge on any atom is 0.387 e. The number of aromatic nitrogens is 2. The molecule has 0 saturated carbocycles. The van der Waals surface area contributed by atoms with E-state index in [1.807, 2.05) is 6.92 Å². The first kappa shape index (κ1) is 22.9. The first-order valence-corrected chi connectivity index (χ1v) is 7.95. The predicted molar refractivity (Wildman–Crippen MR) is 106 cm³/mol. The van der Waals surface area contributed by atoms with E-state index in [4.69, 9.17) is 9.26 Å². The van der Waals surface area contributed by atoms with Gasteiger partial charge in [-0.1, -0.05) is 5.16 Å². The highest BCUT2D eigenvalue weighted by atomic mass is 127. The van der Waals surface area contributed by atoms with E-state index in [2.05, 4.69) is 30.5 Å². The van der Waals surface area contributed by atoms with Gasteiger partial charge in [-0.2, -0.15) is 13.8 Å². The highest BCUT2D eigenvalue weighted by Crippen LogP contribution is 2.26. The van der Waals surface area contributed by atoms with Crippen molar-refractivity contribution in [2.75, 3.05) is 13.7 Å². The monoisotopic (exact) mass is 497 g/mol. The van der Waals surface area contributed by atoms with E-state index in [9.17, 15) is 8.78 Å². The van der Waals surface area contributed by atoms with Crippen molar-refractivity contribution in [2.24, 2.45) is 4.99 Å². The fourth-order valence-corrected chi connectivity index (χ4v) is 2.10. The van der Waals surface area contributed by atoms with Gasteiger partial charge in [0.15, 0.2) is 11.8 Å². The lowest BCUT2D eigenvalue weighted by Crippen LogP contribution is -2.37. The van der Waals surface area contributed by atoms with Crippen molar-refractivity contribution in [3.63, 3.8) is 0 Å². The number of benzene rings is 1. The molecule has 0 aliphatic heterocycles. The van der Waals surface area contributed by atoms with Crippen molar-refractivity contribution >= 4 is 29.9 Å². The number of methoxy groups -OCH3 is 1. The average molecular weight is 497 g/mol. The number of aryl methyl sites for hydroxylation is 1. The van der Waals surface area contributed by atoms with Crippen LogP contribution in [0, 0.1) is 6.92 Å². The summed E-state index contributed by atoms with van der Waals surface area (Å²) in [5, 5.41) is 9.88. The Balaban J connectivity index is 0.00000364. The highest BCUT2D eigenvalue weighted by Gasteiger charge is 2.11. The highest BCUT2D eigenvalue weighted by molar-refractivity contribution is 14.0. The summed E-state index contributed by atoms with van der Waals surface area (Å²) in [5.74, 6) is 2.00. The third kappa shape index (κ3) is 7.53. The number of nitrogens with one attached hydrogen (secondary N) is 2. The Labute approximate surface area is 172 Å². The molecule has 0 radical (unpaired) electrons. The summed E-state index contributed by atoms with van der Waals surface area (Å²) in [6, 6.07) is 4.58. The number of hydrogen-bond acceptors (Lipinski definition) is 6. The van der Waals surface area contributed by atoms with Crippen molar-refractivity contribution in [2.45, 2.75) is 33.5 Å². The van der Waals surface area contributed by atoms with Gasteiger partial charge in [0.2, 0.25) is 5.89 Å². The van der Waals surface area contributed by atoms with E-state index < -0.39 is 6.61 Å². The Kier molecular flexibility index (Phi) is 9.75. The zero-order chi connectivity index (χ0) is 18.9. The Bertz CT molecular complexity index is 743. The maximum absolute atomic E-state index is 12.6. The van der Waals surface area contributed by atoms with Crippen LogP contribution >= 0.6 is 24.0 Å². The van der Waals surface area contributed by atoms with Crippen molar-refractivity contribution < 1.29 is 22.8 Å². The lowest BCUT2D eigenvalue weighted by molar-refractivity contribution is -0.0504. The lowest BCUT2D eigenvalue weighted by Gasteiger charge is -2.13. The second kappa shape index (κ2) is 11.5. The fraction of sp³-hybridized carbons (Fsp3) is 0.438. The molecule has 8 nitrogen and oxygen atoms in total. The third-order valence-electron chi connectivity index (χ3n) is 3.22. The van der Waals surface area contributed by atoms with E-state index in [0.29, 0.717) is 42.1 Å². The molecule has 0 bridgehead atoms. The zero-order valence-electron chi connectivity index (χ0n) is 15.2. The van der Waals surface area contributed by atoms with Crippen molar-refractivity contribution in [1.82, 2.24) is 20.8 Å². The summed E-state index contributed by atoms with van der Waals surface area (Å²) in [7, 11) is 1.49. The molecule has 1 aromatic carbocycles. The molecule has 0 atom stereocenters.